The van der Waals surface area contributed by atoms with Crippen LogP contribution in [0, 0.1) is 17.8 Å². The van der Waals surface area contributed by atoms with Gasteiger partial charge in [-0.25, -0.2) is 4.79 Å². The predicted molar refractivity (Wildman–Crippen MR) is 72.6 cm³/mol. The average Bonchev–Trinajstić information content (AvgIpc) is 2.43. The molecule has 0 aromatic rings. The lowest BCUT2D eigenvalue weighted by Crippen LogP contribution is -2.52. The summed E-state index contributed by atoms with van der Waals surface area (Å²) in [5, 5.41) is 12.1. The highest BCUT2D eigenvalue weighted by molar-refractivity contribution is 5.78. The topological polar surface area (TPSA) is 69.6 Å². The van der Waals surface area contributed by atoms with Crippen LogP contribution in [0.1, 0.15) is 39.0 Å². The van der Waals surface area contributed by atoms with Crippen LogP contribution >= 0.6 is 0 Å². The Labute approximate surface area is 114 Å². The summed E-state index contributed by atoms with van der Waals surface area (Å²) >= 11 is 0. The maximum atomic E-state index is 12.0. The zero-order valence-corrected chi connectivity index (χ0v) is 11.4. The second kappa shape index (κ2) is 7.03. The van der Waals surface area contributed by atoms with Gasteiger partial charge in [0.25, 0.3) is 0 Å². The van der Waals surface area contributed by atoms with Crippen molar-refractivity contribution in [2.75, 3.05) is 19.6 Å². The molecule has 0 saturated carbocycles. The van der Waals surface area contributed by atoms with Crippen molar-refractivity contribution in [3.8, 4) is 12.3 Å². The Bertz CT molecular complexity index is 375. The van der Waals surface area contributed by atoms with E-state index < -0.39 is 11.4 Å². The number of carbonyl (C=O) groups excluding carboxylic acids is 1. The first-order valence-corrected chi connectivity index (χ1v) is 6.75. The summed E-state index contributed by atoms with van der Waals surface area (Å²) in [5.74, 6) is 1.71. The van der Waals surface area contributed by atoms with Crippen molar-refractivity contribution >= 4 is 12.0 Å². The molecule has 1 saturated heterocycles. The highest BCUT2D eigenvalue weighted by atomic mass is 16.4. The first-order valence-electron chi connectivity index (χ1n) is 6.75. The molecule has 0 radical (unpaired) electrons. The molecule has 1 atom stereocenters. The Morgan fingerprint density at radius 2 is 2.26 bits per heavy atom. The van der Waals surface area contributed by atoms with Crippen molar-refractivity contribution < 1.29 is 14.7 Å². The van der Waals surface area contributed by atoms with Crippen LogP contribution in [0.15, 0.2) is 0 Å². The monoisotopic (exact) mass is 266 g/mol. The lowest BCUT2D eigenvalue weighted by atomic mass is 9.78. The van der Waals surface area contributed by atoms with Gasteiger partial charge in [-0.05, 0) is 25.7 Å². The molecule has 1 aliphatic heterocycles. The van der Waals surface area contributed by atoms with Crippen LogP contribution in [-0.2, 0) is 4.79 Å². The van der Waals surface area contributed by atoms with E-state index in [1.165, 1.54) is 0 Å². The number of hydrogen-bond acceptors (Lipinski definition) is 2. The second-order valence-corrected chi connectivity index (χ2v) is 5.00. The van der Waals surface area contributed by atoms with Gasteiger partial charge in [-0.3, -0.25) is 4.79 Å². The van der Waals surface area contributed by atoms with Crippen LogP contribution < -0.4 is 5.32 Å². The third kappa shape index (κ3) is 3.88. The maximum absolute atomic E-state index is 12.0. The Kier molecular flexibility index (Phi) is 5.68. The van der Waals surface area contributed by atoms with Crippen molar-refractivity contribution in [1.82, 2.24) is 10.2 Å². The summed E-state index contributed by atoms with van der Waals surface area (Å²) in [6.45, 7) is 3.31. The van der Waals surface area contributed by atoms with Gasteiger partial charge < -0.3 is 15.3 Å². The van der Waals surface area contributed by atoms with Gasteiger partial charge >= 0.3 is 12.0 Å². The third-order valence-electron chi connectivity index (χ3n) is 3.77. The molecule has 0 spiro atoms. The van der Waals surface area contributed by atoms with Gasteiger partial charge in [0, 0.05) is 26.1 Å². The Morgan fingerprint density at radius 3 is 2.84 bits per heavy atom. The predicted octanol–water partition coefficient (Wildman–Crippen LogP) is 1.69. The van der Waals surface area contributed by atoms with E-state index in [9.17, 15) is 14.7 Å². The number of nitrogens with zero attached hydrogens (tertiary/aromatic N) is 1. The molecule has 1 rings (SSSR count). The number of amides is 2. The first-order chi connectivity index (χ1) is 9.05. The van der Waals surface area contributed by atoms with E-state index in [4.69, 9.17) is 6.42 Å². The fraction of sp³-hybridized carbons (Fsp3) is 0.714. The molecule has 106 valence electrons. The van der Waals surface area contributed by atoms with Gasteiger partial charge in [0.15, 0.2) is 0 Å². The van der Waals surface area contributed by atoms with Crippen LogP contribution in [0.5, 0.6) is 0 Å². The largest absolute Gasteiger partial charge is 0.481 e. The summed E-state index contributed by atoms with van der Waals surface area (Å²) in [5.41, 5.74) is -0.783. The zero-order valence-electron chi connectivity index (χ0n) is 11.4. The number of urea groups is 1. The summed E-state index contributed by atoms with van der Waals surface area (Å²) in [6, 6.07) is -0.184. The van der Waals surface area contributed by atoms with Crippen molar-refractivity contribution in [2.24, 2.45) is 5.41 Å². The number of likely N-dealkylation sites (tertiary alicyclic amines) is 1. The minimum absolute atomic E-state index is 0.184. The average molecular weight is 266 g/mol. The molecule has 1 heterocycles. The molecular formula is C14H22N2O3. The molecule has 5 heteroatoms. The molecule has 0 aromatic carbocycles. The van der Waals surface area contributed by atoms with Crippen LogP contribution in [0.2, 0.25) is 0 Å². The number of carboxylic acid groups (broad SMARTS) is 1. The third-order valence-corrected chi connectivity index (χ3v) is 3.77. The number of unbranched alkanes of at least 4 members (excludes halogenated alkanes) is 1. The van der Waals surface area contributed by atoms with Crippen LogP contribution in [0.3, 0.4) is 0 Å². The van der Waals surface area contributed by atoms with E-state index in [1.807, 2.05) is 6.92 Å². The molecule has 0 bridgehead atoms. The number of nitrogens with one attached hydrogen (secondary N) is 1. The molecule has 0 aliphatic carbocycles. The van der Waals surface area contributed by atoms with Crippen LogP contribution in [-0.4, -0.2) is 41.6 Å². The van der Waals surface area contributed by atoms with Crippen LogP contribution in [0.25, 0.3) is 0 Å². The molecule has 1 unspecified atom stereocenters. The first kappa shape index (κ1) is 15.4. The lowest BCUT2D eigenvalue weighted by molar-refractivity contribution is -0.152. The van der Waals surface area contributed by atoms with Gasteiger partial charge in [0.05, 0.1) is 5.41 Å². The van der Waals surface area contributed by atoms with Gasteiger partial charge in [-0.2, -0.15) is 0 Å². The molecule has 2 N–H and O–H groups in total. The Hall–Kier alpha value is -1.70. The number of rotatable bonds is 5. The summed E-state index contributed by atoms with van der Waals surface area (Å²) < 4.78 is 0. The minimum atomic E-state index is -0.806. The summed E-state index contributed by atoms with van der Waals surface area (Å²) in [6.07, 6.45) is 8.43. The molecule has 0 aromatic heterocycles. The van der Waals surface area contributed by atoms with Crippen molar-refractivity contribution in [2.45, 2.75) is 39.0 Å². The Balaban J connectivity index is 2.52. The lowest BCUT2D eigenvalue weighted by Gasteiger charge is -2.39. The molecule has 1 aliphatic rings. The highest BCUT2D eigenvalue weighted by Crippen LogP contribution is 2.33. The van der Waals surface area contributed by atoms with Gasteiger partial charge in [-0.15, -0.1) is 12.3 Å². The number of piperidine rings is 1. The molecule has 19 heavy (non-hydrogen) atoms. The Morgan fingerprint density at radius 1 is 1.53 bits per heavy atom. The minimum Gasteiger partial charge on any atom is -0.481 e. The van der Waals surface area contributed by atoms with Gasteiger partial charge in [0.2, 0.25) is 0 Å². The number of terminal acetylenes is 1. The second-order valence-electron chi connectivity index (χ2n) is 5.00. The van der Waals surface area contributed by atoms with E-state index in [-0.39, 0.29) is 6.03 Å². The maximum Gasteiger partial charge on any atom is 0.317 e. The summed E-state index contributed by atoms with van der Waals surface area (Å²) in [4.78, 5) is 25.0. The summed E-state index contributed by atoms with van der Waals surface area (Å²) in [7, 11) is 0. The number of aliphatic carboxylic acids is 1. The van der Waals surface area contributed by atoms with Crippen molar-refractivity contribution in [1.29, 1.82) is 0 Å². The SMILES string of the molecule is C#CCCCNC(=O)N1CCCC(CC)(C(=O)O)C1. The fourth-order valence-corrected chi connectivity index (χ4v) is 2.42. The number of carbonyl (C=O) groups is 2. The molecular weight excluding hydrogens is 244 g/mol. The fourth-order valence-electron chi connectivity index (χ4n) is 2.42. The van der Waals surface area contributed by atoms with E-state index in [0.717, 1.165) is 12.8 Å². The van der Waals surface area contributed by atoms with E-state index in [2.05, 4.69) is 11.2 Å². The van der Waals surface area contributed by atoms with Gasteiger partial charge in [0.1, 0.15) is 0 Å². The standard InChI is InChI=1S/C14H22N2O3/c1-3-5-6-9-15-13(19)16-10-7-8-14(4-2,11-16)12(17)18/h1H,4-11H2,2H3,(H,15,19)(H,17,18). The number of carboxylic acids is 1. The van der Waals surface area contributed by atoms with E-state index >= 15 is 0 Å². The zero-order chi connectivity index (χ0) is 14.3. The quantitative estimate of drug-likeness (QED) is 0.587. The van der Waals surface area contributed by atoms with Crippen LogP contribution in [0.4, 0.5) is 4.79 Å². The van der Waals surface area contributed by atoms with E-state index in [0.29, 0.717) is 38.9 Å². The van der Waals surface area contributed by atoms with Crippen molar-refractivity contribution in [3.05, 3.63) is 0 Å². The molecule has 5 nitrogen and oxygen atoms in total. The van der Waals surface area contributed by atoms with Gasteiger partial charge in [-0.1, -0.05) is 6.92 Å². The molecule has 1 fully saturated rings. The van der Waals surface area contributed by atoms with E-state index in [1.54, 1.807) is 4.90 Å². The van der Waals surface area contributed by atoms with Crippen molar-refractivity contribution in [3.63, 3.8) is 0 Å². The molecule has 2 amide bonds. The normalized spacial score (nSPS) is 22.6. The smallest absolute Gasteiger partial charge is 0.317 e. The number of hydrogen-bond donors (Lipinski definition) is 2. The highest BCUT2D eigenvalue weighted by Gasteiger charge is 2.42.